The predicted octanol–water partition coefficient (Wildman–Crippen LogP) is 4.39. The molecule has 1 aromatic rings. The van der Waals surface area contributed by atoms with E-state index in [4.69, 9.17) is 14.2 Å². The summed E-state index contributed by atoms with van der Waals surface area (Å²) < 4.78 is 16.8. The summed E-state index contributed by atoms with van der Waals surface area (Å²) in [6.45, 7) is 12.9. The Bertz CT molecular complexity index is 574. The van der Waals surface area contributed by atoms with Crippen LogP contribution in [0.1, 0.15) is 54.9 Å². The molecule has 0 bridgehead atoms. The summed E-state index contributed by atoms with van der Waals surface area (Å²) in [6.07, 6.45) is -0.728. The van der Waals surface area contributed by atoms with E-state index in [2.05, 4.69) is 0 Å². The minimum Gasteiger partial charge on any atom is -0.487 e. The van der Waals surface area contributed by atoms with Crippen LogP contribution in [0.2, 0.25) is 0 Å². The van der Waals surface area contributed by atoms with Gasteiger partial charge in [0, 0.05) is 0 Å². The van der Waals surface area contributed by atoms with Gasteiger partial charge in [-0.15, -0.1) is 0 Å². The first-order chi connectivity index (χ1) is 12.0. The number of carbonyl (C=O) groups excluding carboxylic acids is 2. The van der Waals surface area contributed by atoms with Gasteiger partial charge in [0.1, 0.15) is 23.6 Å². The lowest BCUT2D eigenvalue weighted by molar-refractivity contribution is -0.167. The van der Waals surface area contributed by atoms with Gasteiger partial charge < -0.3 is 14.2 Å². The van der Waals surface area contributed by atoms with Crippen LogP contribution in [0.5, 0.6) is 5.75 Å². The van der Waals surface area contributed by atoms with Crippen molar-refractivity contribution in [3.63, 3.8) is 0 Å². The van der Waals surface area contributed by atoms with Gasteiger partial charge in [-0.05, 0) is 45.7 Å². The molecule has 0 N–H and O–H groups in total. The topological polar surface area (TPSA) is 61.8 Å². The Morgan fingerprint density at radius 1 is 1.00 bits per heavy atom. The molecule has 0 saturated carbocycles. The third-order valence-corrected chi connectivity index (χ3v) is 3.73. The van der Waals surface area contributed by atoms with Crippen LogP contribution in [0.3, 0.4) is 0 Å². The Balaban J connectivity index is 2.65. The summed E-state index contributed by atoms with van der Waals surface area (Å²) in [5, 5.41) is 0. The second kappa shape index (κ2) is 9.60. The molecular weight excluding hydrogens is 332 g/mol. The minimum atomic E-state index is -0.574. The molecule has 0 aliphatic rings. The SMILES string of the molecule is CC(C)[C@H](OC(=O)[C@H](C)CC(=O)OC(C)(C)C)[C@@H](C)Oc1ccccc1. The summed E-state index contributed by atoms with van der Waals surface area (Å²) in [7, 11) is 0. The highest BCUT2D eigenvalue weighted by molar-refractivity contribution is 5.79. The van der Waals surface area contributed by atoms with E-state index in [0.29, 0.717) is 0 Å². The smallest absolute Gasteiger partial charge is 0.309 e. The first kappa shape index (κ1) is 22.0. The average molecular weight is 364 g/mol. The Labute approximate surface area is 157 Å². The number of hydrogen-bond donors (Lipinski definition) is 0. The van der Waals surface area contributed by atoms with Crippen LogP contribution in [0.4, 0.5) is 0 Å². The zero-order valence-electron chi connectivity index (χ0n) is 16.9. The molecular formula is C21H32O5. The van der Waals surface area contributed by atoms with Gasteiger partial charge in [0.25, 0.3) is 0 Å². The molecule has 0 spiro atoms. The highest BCUT2D eigenvalue weighted by Gasteiger charge is 2.30. The highest BCUT2D eigenvalue weighted by Crippen LogP contribution is 2.21. The Kier molecular flexibility index (Phi) is 8.12. The van der Waals surface area contributed by atoms with E-state index in [1.807, 2.05) is 51.1 Å². The van der Waals surface area contributed by atoms with Crippen LogP contribution in [0, 0.1) is 11.8 Å². The molecule has 0 fully saturated rings. The molecule has 0 heterocycles. The Hall–Kier alpha value is -2.04. The number of hydrogen-bond acceptors (Lipinski definition) is 5. The number of para-hydroxylation sites is 1. The maximum atomic E-state index is 12.4. The lowest BCUT2D eigenvalue weighted by Crippen LogP contribution is -2.39. The first-order valence-electron chi connectivity index (χ1n) is 9.13. The summed E-state index contributed by atoms with van der Waals surface area (Å²) in [6, 6.07) is 9.42. The fourth-order valence-electron chi connectivity index (χ4n) is 2.52. The van der Waals surface area contributed by atoms with Gasteiger partial charge >= 0.3 is 11.9 Å². The molecule has 1 aromatic carbocycles. The van der Waals surface area contributed by atoms with Crippen molar-refractivity contribution in [2.75, 3.05) is 0 Å². The Morgan fingerprint density at radius 2 is 1.58 bits per heavy atom. The van der Waals surface area contributed by atoms with Crippen molar-refractivity contribution in [2.45, 2.75) is 72.7 Å². The minimum absolute atomic E-state index is 0.00512. The number of rotatable bonds is 8. The van der Waals surface area contributed by atoms with Crippen LogP contribution in [0.25, 0.3) is 0 Å². The molecule has 0 amide bonds. The number of benzene rings is 1. The molecule has 0 saturated heterocycles. The van der Waals surface area contributed by atoms with Gasteiger partial charge in [-0.25, -0.2) is 0 Å². The van der Waals surface area contributed by atoms with Gasteiger partial charge in [-0.3, -0.25) is 9.59 Å². The number of carbonyl (C=O) groups is 2. The lowest BCUT2D eigenvalue weighted by atomic mass is 10.0. The maximum Gasteiger partial charge on any atom is 0.309 e. The van der Waals surface area contributed by atoms with Crippen molar-refractivity contribution >= 4 is 11.9 Å². The molecule has 1 rings (SSSR count). The van der Waals surface area contributed by atoms with E-state index in [1.54, 1.807) is 27.7 Å². The van der Waals surface area contributed by atoms with Gasteiger partial charge in [-0.2, -0.15) is 0 Å². The van der Waals surface area contributed by atoms with Crippen molar-refractivity contribution in [3.05, 3.63) is 30.3 Å². The standard InChI is InChI=1S/C21H32O5/c1-14(2)19(16(4)24-17-11-9-8-10-12-17)25-20(23)15(3)13-18(22)26-21(5,6)7/h8-12,14-16,19H,13H2,1-7H3/t15-,16-,19+/m1/s1. The zero-order chi connectivity index (χ0) is 19.9. The molecule has 26 heavy (non-hydrogen) atoms. The highest BCUT2D eigenvalue weighted by atomic mass is 16.6. The average Bonchev–Trinajstić information content (AvgIpc) is 2.50. The fourth-order valence-corrected chi connectivity index (χ4v) is 2.52. The summed E-state index contributed by atoms with van der Waals surface area (Å²) in [4.78, 5) is 24.3. The normalized spacial score (nSPS) is 15.1. The zero-order valence-corrected chi connectivity index (χ0v) is 16.9. The van der Waals surface area contributed by atoms with E-state index in [-0.39, 0.29) is 18.4 Å². The fraction of sp³-hybridized carbons (Fsp3) is 0.619. The van der Waals surface area contributed by atoms with Crippen LogP contribution in [-0.2, 0) is 19.1 Å². The second-order valence-electron chi connectivity index (χ2n) is 7.97. The largest absolute Gasteiger partial charge is 0.487 e. The molecule has 146 valence electrons. The van der Waals surface area contributed by atoms with Gasteiger partial charge in [0.15, 0.2) is 0 Å². The third kappa shape index (κ3) is 7.89. The summed E-state index contributed by atoms with van der Waals surface area (Å²) >= 11 is 0. The van der Waals surface area contributed by atoms with Crippen LogP contribution in [0.15, 0.2) is 30.3 Å². The molecule has 0 aromatic heterocycles. The predicted molar refractivity (Wildman–Crippen MR) is 101 cm³/mol. The molecule has 5 heteroatoms. The molecule has 3 atom stereocenters. The van der Waals surface area contributed by atoms with Gasteiger partial charge in [0.2, 0.25) is 0 Å². The molecule has 0 aliphatic heterocycles. The van der Waals surface area contributed by atoms with Gasteiger partial charge in [0.05, 0.1) is 12.3 Å². The molecule has 0 unspecified atom stereocenters. The summed E-state index contributed by atoms with van der Waals surface area (Å²) in [5.74, 6) is -0.598. The van der Waals surface area contributed by atoms with Crippen molar-refractivity contribution in [2.24, 2.45) is 11.8 Å². The molecule has 0 radical (unpaired) electrons. The van der Waals surface area contributed by atoms with E-state index in [0.717, 1.165) is 5.75 Å². The Morgan fingerprint density at radius 3 is 2.08 bits per heavy atom. The van der Waals surface area contributed by atoms with Crippen LogP contribution < -0.4 is 4.74 Å². The lowest BCUT2D eigenvalue weighted by Gasteiger charge is -2.29. The second-order valence-corrected chi connectivity index (χ2v) is 7.97. The van der Waals surface area contributed by atoms with Crippen molar-refractivity contribution < 1.29 is 23.8 Å². The maximum absolute atomic E-state index is 12.4. The first-order valence-corrected chi connectivity index (χ1v) is 9.13. The van der Waals surface area contributed by atoms with E-state index in [9.17, 15) is 9.59 Å². The van der Waals surface area contributed by atoms with Crippen LogP contribution >= 0.6 is 0 Å². The number of ether oxygens (including phenoxy) is 3. The van der Waals surface area contributed by atoms with E-state index >= 15 is 0 Å². The van der Waals surface area contributed by atoms with E-state index in [1.165, 1.54) is 0 Å². The van der Waals surface area contributed by atoms with Crippen molar-refractivity contribution in [1.82, 2.24) is 0 Å². The molecule has 5 nitrogen and oxygen atoms in total. The van der Waals surface area contributed by atoms with E-state index < -0.39 is 29.6 Å². The monoisotopic (exact) mass is 364 g/mol. The van der Waals surface area contributed by atoms with Gasteiger partial charge in [-0.1, -0.05) is 39.0 Å². The van der Waals surface area contributed by atoms with Crippen molar-refractivity contribution in [1.29, 1.82) is 0 Å². The quantitative estimate of drug-likeness (QED) is 0.640. The third-order valence-electron chi connectivity index (χ3n) is 3.73. The summed E-state index contributed by atoms with van der Waals surface area (Å²) in [5.41, 5.74) is -0.570. The number of esters is 2. The van der Waals surface area contributed by atoms with Crippen molar-refractivity contribution in [3.8, 4) is 5.75 Å². The van der Waals surface area contributed by atoms with Crippen LogP contribution in [-0.4, -0.2) is 29.7 Å². The molecule has 0 aliphatic carbocycles.